The van der Waals surface area contributed by atoms with Crippen LogP contribution in [0.1, 0.15) is 12.8 Å². The maximum atomic E-state index is 12.0. The van der Waals surface area contributed by atoms with E-state index in [0.717, 1.165) is 0 Å². The highest BCUT2D eigenvalue weighted by atomic mass is 79.9. The molecule has 2 aliphatic carbocycles. The van der Waals surface area contributed by atoms with E-state index < -0.39 is 15.6 Å². The third-order valence-electron chi connectivity index (χ3n) is 3.28. The minimum absolute atomic E-state index is 0.0978. The summed E-state index contributed by atoms with van der Waals surface area (Å²) >= 11 is 6.91. The van der Waals surface area contributed by atoms with Gasteiger partial charge in [0.1, 0.15) is 0 Å². The van der Waals surface area contributed by atoms with Gasteiger partial charge in [-0.25, -0.2) is 0 Å². The highest BCUT2D eigenvalue weighted by Gasteiger charge is 2.65. The Balaban J connectivity index is 1.83. The molecule has 3 nitrogen and oxygen atoms in total. The third kappa shape index (κ3) is 2.52. The zero-order chi connectivity index (χ0) is 13.1. The summed E-state index contributed by atoms with van der Waals surface area (Å²) in [5.41, 5.74) is -5.33. The summed E-state index contributed by atoms with van der Waals surface area (Å²) in [4.78, 5) is 0. The topological polar surface area (TPSA) is 43.4 Å². The fourth-order valence-electron chi connectivity index (χ4n) is 2.31. The molecule has 2 saturated carbocycles. The molecule has 2 fully saturated rings. The summed E-state index contributed by atoms with van der Waals surface area (Å²) in [6.07, 6.45) is 1.35. The van der Waals surface area contributed by atoms with Crippen molar-refractivity contribution in [3.8, 4) is 0 Å². The van der Waals surface area contributed by atoms with Crippen LogP contribution >= 0.6 is 31.9 Å². The lowest BCUT2D eigenvalue weighted by Crippen LogP contribution is -2.27. The van der Waals surface area contributed by atoms with Crippen molar-refractivity contribution in [1.82, 2.24) is 0 Å². The Morgan fingerprint density at radius 1 is 1.24 bits per heavy atom. The molecular weight excluding hydrogens is 393 g/mol. The first kappa shape index (κ1) is 14.1. The quantitative estimate of drug-likeness (QED) is 0.414. The van der Waals surface area contributed by atoms with Crippen molar-refractivity contribution in [1.29, 1.82) is 0 Å². The molecule has 0 aromatic carbocycles. The highest BCUT2D eigenvalue weighted by molar-refractivity contribution is 9.25. The number of rotatable bonds is 3. The molecule has 2 aliphatic rings. The fraction of sp³-hybridized carbons (Fsp3) is 1.00. The largest absolute Gasteiger partial charge is 0.523 e. The molecule has 0 N–H and O–H groups in total. The molecule has 0 amide bonds. The van der Waals surface area contributed by atoms with E-state index in [1.807, 2.05) is 0 Å². The molecule has 0 radical (unpaired) electrons. The van der Waals surface area contributed by atoms with Crippen LogP contribution in [0.25, 0.3) is 0 Å². The van der Waals surface area contributed by atoms with Gasteiger partial charge >= 0.3 is 15.6 Å². The zero-order valence-corrected chi connectivity index (χ0v) is 12.4. The second kappa shape index (κ2) is 4.08. The Morgan fingerprint density at radius 2 is 1.71 bits per heavy atom. The average Bonchev–Trinajstić information content (AvgIpc) is 2.59. The predicted molar refractivity (Wildman–Crippen MR) is 61.2 cm³/mol. The van der Waals surface area contributed by atoms with E-state index in [4.69, 9.17) is 0 Å². The molecule has 3 atom stereocenters. The monoisotopic (exact) mass is 400 g/mol. The number of alkyl halides is 5. The summed E-state index contributed by atoms with van der Waals surface area (Å²) in [5, 5.41) is 0. The Kier molecular flexibility index (Phi) is 3.38. The number of hydrogen-bond acceptors (Lipinski definition) is 3. The van der Waals surface area contributed by atoms with Crippen molar-refractivity contribution in [2.45, 2.75) is 21.6 Å². The van der Waals surface area contributed by atoms with Gasteiger partial charge in [0.2, 0.25) is 0 Å². The van der Waals surface area contributed by atoms with Crippen LogP contribution in [0, 0.1) is 17.8 Å². The van der Waals surface area contributed by atoms with Gasteiger partial charge in [0.05, 0.1) is 9.84 Å². The fourth-order valence-corrected chi connectivity index (χ4v) is 4.57. The van der Waals surface area contributed by atoms with Crippen LogP contribution < -0.4 is 0 Å². The van der Waals surface area contributed by atoms with E-state index in [-0.39, 0.29) is 15.8 Å². The first-order valence-electron chi connectivity index (χ1n) is 4.89. The molecule has 100 valence electrons. The smallest absolute Gasteiger partial charge is 0.263 e. The molecule has 0 heterocycles. The van der Waals surface area contributed by atoms with Gasteiger partial charge in [-0.3, -0.25) is 4.18 Å². The van der Waals surface area contributed by atoms with Crippen LogP contribution in [0.3, 0.4) is 0 Å². The second-order valence-corrected chi connectivity index (χ2v) is 9.70. The Labute approximate surface area is 113 Å². The van der Waals surface area contributed by atoms with Crippen molar-refractivity contribution >= 4 is 42.0 Å². The number of halogens is 5. The lowest BCUT2D eigenvalue weighted by molar-refractivity contribution is -0.0550. The first-order chi connectivity index (χ1) is 7.56. The minimum Gasteiger partial charge on any atom is -0.263 e. The van der Waals surface area contributed by atoms with E-state index in [1.165, 1.54) is 0 Å². The van der Waals surface area contributed by atoms with Crippen molar-refractivity contribution in [3.05, 3.63) is 0 Å². The standard InChI is InChI=1S/C8H9Br2F3O3S/c9-7(10)5-1-4(2-6(5)7)3-16-17(14,15)8(11,12)13/h4-6H,1-3H2/t4?,5-,6+. The highest BCUT2D eigenvalue weighted by Crippen LogP contribution is 2.70. The average molecular weight is 402 g/mol. The van der Waals surface area contributed by atoms with Crippen LogP contribution in [0.15, 0.2) is 0 Å². The van der Waals surface area contributed by atoms with E-state index in [1.54, 1.807) is 0 Å². The summed E-state index contributed by atoms with van der Waals surface area (Å²) < 4.78 is 61.2. The minimum atomic E-state index is -5.44. The van der Waals surface area contributed by atoms with Gasteiger partial charge in [-0.05, 0) is 30.6 Å². The molecule has 0 saturated heterocycles. The third-order valence-corrected chi connectivity index (χ3v) is 6.65. The van der Waals surface area contributed by atoms with Crippen LogP contribution in [-0.4, -0.2) is 23.8 Å². The van der Waals surface area contributed by atoms with Gasteiger partial charge in [0, 0.05) is 0 Å². The van der Waals surface area contributed by atoms with E-state index in [0.29, 0.717) is 24.7 Å². The summed E-state index contributed by atoms with van der Waals surface area (Å²) in [6.45, 7) is -0.384. The molecule has 0 aliphatic heterocycles. The summed E-state index contributed by atoms with van der Waals surface area (Å²) in [7, 11) is -5.44. The summed E-state index contributed by atoms with van der Waals surface area (Å²) in [6, 6.07) is 0. The molecule has 0 bridgehead atoms. The lowest BCUT2D eigenvalue weighted by Gasteiger charge is -2.16. The van der Waals surface area contributed by atoms with E-state index in [9.17, 15) is 21.6 Å². The van der Waals surface area contributed by atoms with Crippen LogP contribution in [0.5, 0.6) is 0 Å². The van der Waals surface area contributed by atoms with Crippen LogP contribution in [0.2, 0.25) is 0 Å². The van der Waals surface area contributed by atoms with Gasteiger partial charge in [0.25, 0.3) is 0 Å². The van der Waals surface area contributed by atoms with Crippen molar-refractivity contribution in [2.75, 3.05) is 6.61 Å². The van der Waals surface area contributed by atoms with Gasteiger partial charge in [-0.1, -0.05) is 31.9 Å². The van der Waals surface area contributed by atoms with Gasteiger partial charge in [-0.15, -0.1) is 0 Å². The molecule has 0 spiro atoms. The number of fused-ring (bicyclic) bond motifs is 1. The predicted octanol–water partition coefficient (Wildman–Crippen LogP) is 2.99. The van der Waals surface area contributed by atoms with Crippen molar-refractivity contribution in [2.24, 2.45) is 17.8 Å². The SMILES string of the molecule is O=S(=O)(OCC1C[C@@H]2[C@H](C1)C2(Br)Br)C(F)(F)F. The van der Waals surface area contributed by atoms with Crippen molar-refractivity contribution in [3.63, 3.8) is 0 Å². The second-order valence-electron chi connectivity index (χ2n) is 4.41. The van der Waals surface area contributed by atoms with Crippen molar-refractivity contribution < 1.29 is 25.8 Å². The zero-order valence-electron chi connectivity index (χ0n) is 8.38. The Morgan fingerprint density at radius 3 is 2.12 bits per heavy atom. The molecule has 1 unspecified atom stereocenters. The normalized spacial score (nSPS) is 35.7. The van der Waals surface area contributed by atoms with Crippen LogP contribution in [-0.2, 0) is 14.3 Å². The van der Waals surface area contributed by atoms with E-state index >= 15 is 0 Å². The van der Waals surface area contributed by atoms with Gasteiger partial charge < -0.3 is 0 Å². The molecule has 9 heteroatoms. The summed E-state index contributed by atoms with van der Waals surface area (Å²) in [5.74, 6) is 0.583. The molecule has 2 rings (SSSR count). The number of hydrogen-bond donors (Lipinski definition) is 0. The first-order valence-corrected chi connectivity index (χ1v) is 7.88. The van der Waals surface area contributed by atoms with Gasteiger partial charge in [-0.2, -0.15) is 21.6 Å². The molecule has 0 aromatic heterocycles. The van der Waals surface area contributed by atoms with Crippen LogP contribution in [0.4, 0.5) is 13.2 Å². The maximum absolute atomic E-state index is 12.0. The molecule has 0 aromatic rings. The lowest BCUT2D eigenvalue weighted by atomic mass is 10.1. The molecule has 17 heavy (non-hydrogen) atoms. The van der Waals surface area contributed by atoms with E-state index in [2.05, 4.69) is 36.0 Å². The van der Waals surface area contributed by atoms with Gasteiger partial charge in [0.15, 0.2) is 0 Å². The molecular formula is C8H9Br2F3O3S. The maximum Gasteiger partial charge on any atom is 0.523 e. The Hall–Kier alpha value is 0.660. The Bertz CT molecular complexity index is 406.